The van der Waals surface area contributed by atoms with Gasteiger partial charge in [-0.3, -0.25) is 14.4 Å². The minimum absolute atomic E-state index is 0. The van der Waals surface area contributed by atoms with E-state index < -0.39 is 18.1 Å². The molecule has 228 valence electrons. The maximum atomic E-state index is 14.4. The Morgan fingerprint density at radius 3 is 2.23 bits per heavy atom. The van der Waals surface area contributed by atoms with Crippen molar-refractivity contribution in [2.75, 3.05) is 30.5 Å². The summed E-state index contributed by atoms with van der Waals surface area (Å²) in [4.78, 5) is 56.6. The van der Waals surface area contributed by atoms with Crippen LogP contribution in [0, 0.1) is 6.92 Å². The molecule has 2 N–H and O–H groups in total. The molecule has 0 saturated heterocycles. The molecular weight excluding hydrogens is 580 g/mol. The van der Waals surface area contributed by atoms with Gasteiger partial charge in [0.1, 0.15) is 6.04 Å². The Bertz CT molecular complexity index is 1710. The van der Waals surface area contributed by atoms with Crippen molar-refractivity contribution >= 4 is 58.2 Å². The van der Waals surface area contributed by atoms with Crippen molar-refractivity contribution in [3.63, 3.8) is 0 Å². The molecule has 0 aliphatic carbocycles. The van der Waals surface area contributed by atoms with E-state index in [-0.39, 0.29) is 43.2 Å². The van der Waals surface area contributed by atoms with Gasteiger partial charge in [0.25, 0.3) is 11.8 Å². The van der Waals surface area contributed by atoms with Gasteiger partial charge < -0.3 is 25.2 Å². The molecule has 0 aromatic heterocycles. The van der Waals surface area contributed by atoms with Crippen LogP contribution in [-0.4, -0.2) is 56.5 Å². The second-order valence-corrected chi connectivity index (χ2v) is 10.6. The largest absolute Gasteiger partial charge is 0.465 e. The van der Waals surface area contributed by atoms with Gasteiger partial charge >= 0.3 is 5.97 Å². The fourth-order valence-corrected chi connectivity index (χ4v) is 5.31. The minimum atomic E-state index is -1.02. The number of fused-ring (bicyclic) bond motifs is 2. The molecule has 2 atom stereocenters. The first-order valence-corrected chi connectivity index (χ1v) is 14.1. The molecule has 44 heavy (non-hydrogen) atoms. The molecule has 0 fully saturated rings. The van der Waals surface area contributed by atoms with Gasteiger partial charge in [-0.2, -0.15) is 0 Å². The highest BCUT2D eigenvalue weighted by molar-refractivity contribution is 6.13. The highest BCUT2D eigenvalue weighted by Gasteiger charge is 2.38. The molecule has 4 aromatic carbocycles. The summed E-state index contributed by atoms with van der Waals surface area (Å²) in [6.07, 6.45) is 0. The molecule has 4 aromatic rings. The first-order chi connectivity index (χ1) is 20.7. The highest BCUT2D eigenvalue weighted by atomic mass is 35.5. The summed E-state index contributed by atoms with van der Waals surface area (Å²) in [7, 11) is 2.96. The van der Waals surface area contributed by atoms with Crippen molar-refractivity contribution in [2.24, 2.45) is 0 Å². The number of para-hydroxylation sites is 2. The summed E-state index contributed by atoms with van der Waals surface area (Å²) in [6, 6.07) is 23.9. The molecule has 0 radical (unpaired) electrons. The number of hydrogen-bond acceptors (Lipinski definition) is 6. The van der Waals surface area contributed by atoms with E-state index in [2.05, 4.69) is 16.7 Å². The van der Waals surface area contributed by atoms with Gasteiger partial charge in [0.2, 0.25) is 5.91 Å². The average molecular weight is 615 g/mol. The molecule has 0 bridgehead atoms. The predicted octanol–water partition coefficient (Wildman–Crippen LogP) is 4.64. The summed E-state index contributed by atoms with van der Waals surface area (Å²) >= 11 is 0. The Labute approximate surface area is 262 Å². The lowest BCUT2D eigenvalue weighted by molar-refractivity contribution is -0.128. The number of benzene rings is 4. The number of aryl methyl sites for hydroxylation is 1. The molecule has 1 aliphatic heterocycles. The van der Waals surface area contributed by atoms with Gasteiger partial charge in [-0.25, -0.2) is 4.79 Å². The number of anilines is 2. The third-order valence-electron chi connectivity index (χ3n) is 7.92. The number of nitrogens with zero attached hydrogens (tertiary/aromatic N) is 2. The van der Waals surface area contributed by atoms with Crippen LogP contribution >= 0.6 is 12.4 Å². The topological polar surface area (TPSA) is 108 Å². The van der Waals surface area contributed by atoms with Crippen molar-refractivity contribution in [3.8, 4) is 0 Å². The number of methoxy groups -OCH3 is 1. The maximum absolute atomic E-state index is 14.4. The summed E-state index contributed by atoms with van der Waals surface area (Å²) in [5.41, 5.74) is 3.73. The van der Waals surface area contributed by atoms with E-state index in [1.807, 2.05) is 55.5 Å². The third-order valence-corrected chi connectivity index (χ3v) is 7.92. The molecule has 1 heterocycles. The van der Waals surface area contributed by atoms with Crippen LogP contribution in [0.1, 0.15) is 38.8 Å². The molecule has 0 saturated carbocycles. The highest BCUT2D eigenvalue weighted by Crippen LogP contribution is 2.36. The van der Waals surface area contributed by atoms with E-state index in [0.29, 0.717) is 22.5 Å². The summed E-state index contributed by atoms with van der Waals surface area (Å²) in [5, 5.41) is 7.87. The monoisotopic (exact) mass is 614 g/mol. The Kier molecular flexibility index (Phi) is 10.0. The Morgan fingerprint density at radius 2 is 1.55 bits per heavy atom. The number of halogens is 1. The third kappa shape index (κ3) is 6.29. The quantitative estimate of drug-likeness (QED) is 0.294. The Morgan fingerprint density at radius 1 is 0.909 bits per heavy atom. The van der Waals surface area contributed by atoms with E-state index in [4.69, 9.17) is 4.74 Å². The number of carbonyl (C=O) groups is 4. The van der Waals surface area contributed by atoms with E-state index in [9.17, 15) is 19.2 Å². The zero-order valence-electron chi connectivity index (χ0n) is 25.0. The van der Waals surface area contributed by atoms with Crippen molar-refractivity contribution < 1.29 is 23.9 Å². The lowest BCUT2D eigenvalue weighted by Crippen LogP contribution is -2.55. The molecule has 0 spiro atoms. The lowest BCUT2D eigenvalue weighted by Gasteiger charge is -2.27. The first kappa shape index (κ1) is 32.2. The van der Waals surface area contributed by atoms with Crippen LogP contribution in [0.25, 0.3) is 10.8 Å². The zero-order valence-corrected chi connectivity index (χ0v) is 25.8. The predicted molar refractivity (Wildman–Crippen MR) is 173 cm³/mol. The van der Waals surface area contributed by atoms with Gasteiger partial charge in [0.15, 0.2) is 0 Å². The number of hydrogen-bond donors (Lipinski definition) is 2. The molecule has 9 nitrogen and oxygen atoms in total. The number of rotatable bonds is 7. The van der Waals surface area contributed by atoms with Crippen LogP contribution < -0.4 is 20.4 Å². The van der Waals surface area contributed by atoms with E-state index in [1.54, 1.807) is 37.1 Å². The second-order valence-electron chi connectivity index (χ2n) is 10.6. The van der Waals surface area contributed by atoms with Gasteiger partial charge in [-0.15, -0.1) is 12.4 Å². The lowest BCUT2D eigenvalue weighted by atomic mass is 9.99. The fraction of sp³-hybridized carbons (Fsp3) is 0.235. The van der Waals surface area contributed by atoms with Crippen molar-refractivity contribution in [2.45, 2.75) is 32.5 Å². The molecule has 1 unspecified atom stereocenters. The number of esters is 1. The molecule has 3 amide bonds. The van der Waals surface area contributed by atoms with Crippen LogP contribution in [0.3, 0.4) is 0 Å². The van der Waals surface area contributed by atoms with Gasteiger partial charge in [0, 0.05) is 5.56 Å². The van der Waals surface area contributed by atoms with Crippen molar-refractivity contribution in [1.82, 2.24) is 10.6 Å². The molecule has 5 rings (SSSR count). The zero-order chi connectivity index (χ0) is 30.7. The smallest absolute Gasteiger partial charge is 0.337 e. The number of amides is 3. The van der Waals surface area contributed by atoms with Crippen LogP contribution in [-0.2, 0) is 20.9 Å². The first-order valence-electron chi connectivity index (χ1n) is 14.1. The van der Waals surface area contributed by atoms with Gasteiger partial charge in [-0.05, 0) is 79.2 Å². The van der Waals surface area contributed by atoms with Crippen molar-refractivity contribution in [1.29, 1.82) is 0 Å². The molecule has 10 heteroatoms. The number of ether oxygens (including phenoxy) is 1. The normalized spacial score (nSPS) is 15.1. The van der Waals surface area contributed by atoms with Gasteiger partial charge in [-0.1, -0.05) is 48.5 Å². The summed E-state index contributed by atoms with van der Waals surface area (Å²) in [5.74, 6) is -1.57. The molecular formula is C34H35ClN4O5. The van der Waals surface area contributed by atoms with E-state index in [0.717, 1.165) is 21.9 Å². The van der Waals surface area contributed by atoms with Crippen LogP contribution in [0.5, 0.6) is 0 Å². The van der Waals surface area contributed by atoms with E-state index in [1.165, 1.54) is 24.1 Å². The van der Waals surface area contributed by atoms with Crippen LogP contribution in [0.4, 0.5) is 11.4 Å². The summed E-state index contributed by atoms with van der Waals surface area (Å²) in [6.45, 7) is 3.87. The summed E-state index contributed by atoms with van der Waals surface area (Å²) < 4.78 is 4.78. The maximum Gasteiger partial charge on any atom is 0.337 e. The van der Waals surface area contributed by atoms with Gasteiger partial charge in [0.05, 0.1) is 43.2 Å². The standard InChI is InChI=1S/C34H34N4O5.ClH/c1-21-13-14-23-9-5-6-10-26(23)27(21)19-37-29-11-7-8-12-30(29)38(20-28(33(37)41)36-31(39)22(2)35-3)32(40)24-15-17-25(18-16-24)34(42)43-4;/h5-18,22,28,35H,19-20H2,1-4H3,(H,36,39);1H/t22?,28-;/m0./s1. The van der Waals surface area contributed by atoms with Crippen molar-refractivity contribution in [3.05, 3.63) is 107 Å². The minimum Gasteiger partial charge on any atom is -0.465 e. The van der Waals surface area contributed by atoms with Crippen LogP contribution in [0.15, 0.2) is 84.9 Å². The number of carbonyl (C=O) groups excluding carboxylic acids is 4. The molecule has 1 aliphatic rings. The average Bonchev–Trinajstić information content (AvgIpc) is 3.15. The van der Waals surface area contributed by atoms with Crippen LogP contribution in [0.2, 0.25) is 0 Å². The Hall–Kier alpha value is -4.73. The van der Waals surface area contributed by atoms with E-state index >= 15 is 0 Å². The second kappa shape index (κ2) is 13.7. The SMILES string of the molecule is CNC(C)C(=O)N[C@H]1CN(C(=O)c2ccc(C(=O)OC)cc2)c2ccccc2N(Cc2c(C)ccc3ccccc23)C1=O.Cl. The number of nitrogens with one attached hydrogen (secondary N) is 2. The Balaban J connectivity index is 0.00000442. The number of likely N-dealkylation sites (N-methyl/N-ethyl adjacent to an activating group) is 1. The fourth-order valence-electron chi connectivity index (χ4n) is 5.31.